The topological polar surface area (TPSA) is 72.3 Å². The van der Waals surface area contributed by atoms with Gasteiger partial charge in [0.2, 0.25) is 5.91 Å². The van der Waals surface area contributed by atoms with Gasteiger partial charge >= 0.3 is 0 Å². The van der Waals surface area contributed by atoms with E-state index in [0.717, 1.165) is 24.0 Å². The first kappa shape index (κ1) is 15.6. The lowest BCUT2D eigenvalue weighted by atomic mass is 10.1. The summed E-state index contributed by atoms with van der Waals surface area (Å²) in [7, 11) is 0. The van der Waals surface area contributed by atoms with E-state index in [-0.39, 0.29) is 5.91 Å². The summed E-state index contributed by atoms with van der Waals surface area (Å²) in [5.41, 5.74) is 13.0. The van der Waals surface area contributed by atoms with Crippen LogP contribution in [0.5, 0.6) is 0 Å². The van der Waals surface area contributed by atoms with Gasteiger partial charge in [-0.1, -0.05) is 42.9 Å². The van der Waals surface area contributed by atoms with Crippen molar-refractivity contribution in [2.75, 3.05) is 13.1 Å². The number of carbonyl (C=O) groups is 1. The third kappa shape index (κ3) is 4.59. The second-order valence-electron chi connectivity index (χ2n) is 5.47. The van der Waals surface area contributed by atoms with Crippen molar-refractivity contribution in [3.05, 3.63) is 35.4 Å². The van der Waals surface area contributed by atoms with E-state index in [9.17, 15) is 4.79 Å². The molecule has 4 N–H and O–H groups in total. The normalized spacial score (nSPS) is 15.0. The van der Waals surface area contributed by atoms with E-state index >= 15 is 0 Å². The Morgan fingerprint density at radius 3 is 2.67 bits per heavy atom. The number of nitrogens with zero attached hydrogens (tertiary/aromatic N) is 1. The van der Waals surface area contributed by atoms with Crippen molar-refractivity contribution < 1.29 is 4.79 Å². The molecule has 0 aromatic heterocycles. The molecule has 2 rings (SSSR count). The highest BCUT2D eigenvalue weighted by molar-refractivity contribution is 5.76. The summed E-state index contributed by atoms with van der Waals surface area (Å²) < 4.78 is 0. The van der Waals surface area contributed by atoms with Gasteiger partial charge in [-0.2, -0.15) is 0 Å². The maximum atomic E-state index is 11.3. The number of rotatable bonds is 5. The maximum Gasteiger partial charge on any atom is 0.231 e. The van der Waals surface area contributed by atoms with Crippen LogP contribution >= 0.6 is 0 Å². The molecule has 0 bridgehead atoms. The Morgan fingerprint density at radius 1 is 1.29 bits per heavy atom. The summed E-state index contributed by atoms with van der Waals surface area (Å²) in [6.07, 6.45) is 4.75. The number of hydrogen-bond donors (Lipinski definition) is 2. The van der Waals surface area contributed by atoms with Gasteiger partial charge in [0, 0.05) is 18.2 Å². The van der Waals surface area contributed by atoms with Crippen molar-refractivity contribution >= 4 is 5.91 Å². The number of amides is 1. The molecule has 0 radical (unpaired) electrons. The van der Waals surface area contributed by atoms with Crippen LogP contribution in [0.25, 0.3) is 0 Å². The third-order valence-electron chi connectivity index (χ3n) is 3.92. The molecule has 0 aliphatic heterocycles. The zero-order chi connectivity index (χ0) is 15.1. The molecule has 0 heterocycles. The average Bonchev–Trinajstić information content (AvgIpc) is 2.99. The Hall–Kier alpha value is -1.83. The van der Waals surface area contributed by atoms with Gasteiger partial charge in [-0.3, -0.25) is 9.69 Å². The zero-order valence-electron chi connectivity index (χ0n) is 12.3. The largest absolute Gasteiger partial charge is 0.369 e. The molecule has 1 amide bonds. The second-order valence-corrected chi connectivity index (χ2v) is 5.47. The van der Waals surface area contributed by atoms with E-state index in [4.69, 9.17) is 11.5 Å². The lowest BCUT2D eigenvalue weighted by molar-refractivity contribution is -0.119. The Balaban J connectivity index is 2.17. The lowest BCUT2D eigenvalue weighted by Crippen LogP contribution is -2.39. The molecule has 1 aliphatic carbocycles. The quantitative estimate of drug-likeness (QED) is 0.799. The van der Waals surface area contributed by atoms with Gasteiger partial charge in [0.15, 0.2) is 0 Å². The van der Waals surface area contributed by atoms with Gasteiger partial charge in [-0.25, -0.2) is 0 Å². The van der Waals surface area contributed by atoms with Crippen LogP contribution in [0.2, 0.25) is 0 Å². The summed E-state index contributed by atoms with van der Waals surface area (Å²) in [5, 5.41) is 0. The molecule has 1 fully saturated rings. The van der Waals surface area contributed by atoms with Gasteiger partial charge in [0.25, 0.3) is 0 Å². The van der Waals surface area contributed by atoms with Crippen LogP contribution in [-0.4, -0.2) is 29.9 Å². The molecular weight excluding hydrogens is 262 g/mol. The molecule has 1 aliphatic rings. The Morgan fingerprint density at radius 2 is 2.00 bits per heavy atom. The maximum absolute atomic E-state index is 11.3. The summed E-state index contributed by atoms with van der Waals surface area (Å²) >= 11 is 0. The van der Waals surface area contributed by atoms with Crippen molar-refractivity contribution in [1.82, 2.24) is 4.90 Å². The lowest BCUT2D eigenvalue weighted by Gasteiger charge is -2.28. The predicted octanol–water partition coefficient (Wildman–Crippen LogP) is 1.23. The fourth-order valence-corrected chi connectivity index (χ4v) is 2.93. The van der Waals surface area contributed by atoms with Crippen LogP contribution in [-0.2, 0) is 11.3 Å². The van der Waals surface area contributed by atoms with Gasteiger partial charge < -0.3 is 11.5 Å². The highest BCUT2D eigenvalue weighted by Gasteiger charge is 2.24. The smallest absolute Gasteiger partial charge is 0.231 e. The predicted molar refractivity (Wildman–Crippen MR) is 84.2 cm³/mol. The molecule has 0 unspecified atom stereocenters. The van der Waals surface area contributed by atoms with E-state index in [0.29, 0.717) is 25.7 Å². The minimum Gasteiger partial charge on any atom is -0.369 e. The summed E-state index contributed by atoms with van der Waals surface area (Å²) in [4.78, 5) is 13.5. The SMILES string of the molecule is NCC#Cc1ccccc1CN(CC(N)=O)C1CCCC1. The van der Waals surface area contributed by atoms with Crippen LogP contribution in [0, 0.1) is 11.8 Å². The van der Waals surface area contributed by atoms with E-state index in [1.807, 2.05) is 18.2 Å². The molecule has 0 saturated heterocycles. The zero-order valence-corrected chi connectivity index (χ0v) is 12.3. The molecule has 112 valence electrons. The van der Waals surface area contributed by atoms with Crippen molar-refractivity contribution in [2.45, 2.75) is 38.3 Å². The number of benzene rings is 1. The molecule has 0 spiro atoms. The van der Waals surface area contributed by atoms with Gasteiger partial charge in [0.1, 0.15) is 0 Å². The molecular formula is C17H23N3O. The van der Waals surface area contributed by atoms with Gasteiger partial charge in [-0.15, -0.1) is 0 Å². The fraction of sp³-hybridized carbons (Fsp3) is 0.471. The van der Waals surface area contributed by atoms with E-state index in [1.54, 1.807) is 0 Å². The molecule has 1 aromatic rings. The monoisotopic (exact) mass is 285 g/mol. The van der Waals surface area contributed by atoms with Crippen molar-refractivity contribution in [3.63, 3.8) is 0 Å². The third-order valence-corrected chi connectivity index (χ3v) is 3.92. The molecule has 0 atom stereocenters. The van der Waals surface area contributed by atoms with Gasteiger partial charge in [-0.05, 0) is 24.5 Å². The molecule has 21 heavy (non-hydrogen) atoms. The minimum atomic E-state index is -0.271. The number of nitrogens with two attached hydrogens (primary N) is 2. The van der Waals surface area contributed by atoms with Crippen LogP contribution in [0.4, 0.5) is 0 Å². The first-order valence-corrected chi connectivity index (χ1v) is 7.50. The van der Waals surface area contributed by atoms with E-state index in [1.165, 1.54) is 12.8 Å². The van der Waals surface area contributed by atoms with Crippen molar-refractivity contribution in [1.29, 1.82) is 0 Å². The number of carbonyl (C=O) groups excluding carboxylic acids is 1. The standard InChI is InChI=1S/C17H23N3O/c18-11-5-8-14-6-1-2-7-15(14)12-20(13-17(19)21)16-9-3-4-10-16/h1-2,6-7,16H,3-4,9-13,18H2,(H2,19,21). The van der Waals surface area contributed by atoms with Crippen molar-refractivity contribution in [2.24, 2.45) is 11.5 Å². The first-order chi connectivity index (χ1) is 10.2. The van der Waals surface area contributed by atoms with Crippen LogP contribution in [0.1, 0.15) is 36.8 Å². The Labute approximate surface area is 126 Å². The van der Waals surface area contributed by atoms with Crippen LogP contribution in [0.15, 0.2) is 24.3 Å². The van der Waals surface area contributed by atoms with Crippen LogP contribution in [0.3, 0.4) is 0 Å². The first-order valence-electron chi connectivity index (χ1n) is 7.50. The highest BCUT2D eigenvalue weighted by atomic mass is 16.1. The Bertz CT molecular complexity index is 538. The van der Waals surface area contributed by atoms with E-state index < -0.39 is 0 Å². The molecule has 1 saturated carbocycles. The number of primary amides is 1. The number of hydrogen-bond acceptors (Lipinski definition) is 3. The second kappa shape index (κ2) is 7.82. The van der Waals surface area contributed by atoms with Crippen molar-refractivity contribution in [3.8, 4) is 11.8 Å². The van der Waals surface area contributed by atoms with E-state index in [2.05, 4.69) is 22.8 Å². The highest BCUT2D eigenvalue weighted by Crippen LogP contribution is 2.25. The van der Waals surface area contributed by atoms with Gasteiger partial charge in [0.05, 0.1) is 13.1 Å². The van der Waals surface area contributed by atoms with Crippen LogP contribution < -0.4 is 11.5 Å². The average molecular weight is 285 g/mol. The summed E-state index contributed by atoms with van der Waals surface area (Å²) in [5.74, 6) is 5.73. The summed E-state index contributed by atoms with van der Waals surface area (Å²) in [6, 6.07) is 8.48. The fourth-order valence-electron chi connectivity index (χ4n) is 2.93. The molecule has 4 nitrogen and oxygen atoms in total. The Kier molecular flexibility index (Phi) is 5.79. The molecule has 4 heteroatoms. The molecule has 1 aromatic carbocycles. The summed E-state index contributed by atoms with van der Waals surface area (Å²) in [6.45, 7) is 1.37. The minimum absolute atomic E-state index is 0.271.